The Morgan fingerprint density at radius 1 is 1.43 bits per heavy atom. The van der Waals surface area contributed by atoms with Crippen molar-refractivity contribution < 1.29 is 9.47 Å². The second-order valence-corrected chi connectivity index (χ2v) is 3.32. The van der Waals surface area contributed by atoms with Gasteiger partial charge in [0.25, 0.3) is 0 Å². The lowest BCUT2D eigenvalue weighted by Gasteiger charge is -2.19. The smallest absolute Gasteiger partial charge is 0.126 e. The summed E-state index contributed by atoms with van der Waals surface area (Å²) in [6.45, 7) is 1.92. The number of fused-ring (bicyclic) bond motifs is 1. The van der Waals surface area contributed by atoms with E-state index in [0.29, 0.717) is 13.2 Å². The van der Waals surface area contributed by atoms with E-state index >= 15 is 0 Å². The van der Waals surface area contributed by atoms with E-state index in [1.54, 1.807) is 0 Å². The number of benzene rings is 1. The molecule has 0 aromatic heterocycles. The Kier molecular flexibility index (Phi) is 2.89. The lowest BCUT2D eigenvalue weighted by Crippen LogP contribution is -2.14. The molecule has 0 saturated heterocycles. The summed E-state index contributed by atoms with van der Waals surface area (Å²) in [5.74, 6) is 1.89. The summed E-state index contributed by atoms with van der Waals surface area (Å²) in [5.41, 5.74) is 6.58. The van der Waals surface area contributed by atoms with E-state index in [0.717, 1.165) is 30.9 Å². The Balaban J connectivity index is 2.21. The Labute approximate surface area is 83.8 Å². The van der Waals surface area contributed by atoms with Crippen molar-refractivity contribution >= 4 is 0 Å². The molecule has 2 N–H and O–H groups in total. The molecule has 0 unspecified atom stereocenters. The molecule has 1 aromatic carbocycles. The van der Waals surface area contributed by atoms with Crippen LogP contribution < -0.4 is 15.2 Å². The van der Waals surface area contributed by atoms with Crippen LogP contribution in [0.25, 0.3) is 0 Å². The maximum atomic E-state index is 5.55. The monoisotopic (exact) mass is 193 g/mol. The SMILES string of the molecule is NCCOc1cccc2c1CCCO2. The summed E-state index contributed by atoms with van der Waals surface area (Å²) in [6.07, 6.45) is 2.10. The average molecular weight is 193 g/mol. The predicted octanol–water partition coefficient (Wildman–Crippen LogP) is 1.35. The Morgan fingerprint density at radius 3 is 3.21 bits per heavy atom. The topological polar surface area (TPSA) is 44.5 Å². The lowest BCUT2D eigenvalue weighted by atomic mass is 10.1. The molecule has 0 bridgehead atoms. The Bertz CT molecular complexity index is 312. The van der Waals surface area contributed by atoms with Gasteiger partial charge in [-0.05, 0) is 25.0 Å². The molecule has 1 aromatic rings. The van der Waals surface area contributed by atoms with Crippen LogP contribution in [0.5, 0.6) is 11.5 Å². The minimum atomic E-state index is 0.546. The van der Waals surface area contributed by atoms with Gasteiger partial charge in [-0.15, -0.1) is 0 Å². The van der Waals surface area contributed by atoms with Crippen LogP contribution in [0.3, 0.4) is 0 Å². The van der Waals surface area contributed by atoms with Crippen LogP contribution in [0.15, 0.2) is 18.2 Å². The highest BCUT2D eigenvalue weighted by atomic mass is 16.5. The van der Waals surface area contributed by atoms with Crippen molar-refractivity contribution in [1.82, 2.24) is 0 Å². The molecule has 14 heavy (non-hydrogen) atoms. The molecule has 0 aliphatic carbocycles. The first-order valence-corrected chi connectivity index (χ1v) is 4.99. The largest absolute Gasteiger partial charge is 0.493 e. The molecule has 0 amide bonds. The van der Waals surface area contributed by atoms with Crippen LogP contribution >= 0.6 is 0 Å². The zero-order valence-electron chi connectivity index (χ0n) is 8.16. The number of hydrogen-bond donors (Lipinski definition) is 1. The number of rotatable bonds is 3. The molecule has 0 radical (unpaired) electrons. The van der Waals surface area contributed by atoms with Crippen molar-refractivity contribution in [3.8, 4) is 11.5 Å². The van der Waals surface area contributed by atoms with Gasteiger partial charge in [0.2, 0.25) is 0 Å². The maximum absolute atomic E-state index is 5.55. The van der Waals surface area contributed by atoms with Gasteiger partial charge in [0, 0.05) is 12.1 Å². The van der Waals surface area contributed by atoms with Crippen LogP contribution in [0.1, 0.15) is 12.0 Å². The number of hydrogen-bond acceptors (Lipinski definition) is 3. The molecular formula is C11H15NO2. The van der Waals surface area contributed by atoms with Gasteiger partial charge in [-0.25, -0.2) is 0 Å². The molecular weight excluding hydrogens is 178 g/mol. The van der Waals surface area contributed by atoms with Crippen LogP contribution in [-0.4, -0.2) is 19.8 Å². The average Bonchev–Trinajstić information content (AvgIpc) is 2.26. The highest BCUT2D eigenvalue weighted by molar-refractivity contribution is 5.45. The molecule has 1 aliphatic rings. The number of ether oxygens (including phenoxy) is 2. The van der Waals surface area contributed by atoms with Crippen molar-refractivity contribution in [3.05, 3.63) is 23.8 Å². The molecule has 2 rings (SSSR count). The fourth-order valence-corrected chi connectivity index (χ4v) is 1.66. The quantitative estimate of drug-likeness (QED) is 0.788. The van der Waals surface area contributed by atoms with Gasteiger partial charge in [0.05, 0.1) is 6.61 Å². The van der Waals surface area contributed by atoms with Crippen molar-refractivity contribution in [2.45, 2.75) is 12.8 Å². The van der Waals surface area contributed by atoms with Crippen LogP contribution in [0, 0.1) is 0 Å². The first kappa shape index (κ1) is 9.34. The number of nitrogens with two attached hydrogens (primary N) is 1. The first-order valence-electron chi connectivity index (χ1n) is 4.99. The molecule has 0 saturated carbocycles. The highest BCUT2D eigenvalue weighted by Gasteiger charge is 2.14. The van der Waals surface area contributed by atoms with E-state index in [1.165, 1.54) is 5.56 Å². The van der Waals surface area contributed by atoms with Gasteiger partial charge in [-0.3, -0.25) is 0 Å². The van der Waals surface area contributed by atoms with E-state index in [1.807, 2.05) is 18.2 Å². The van der Waals surface area contributed by atoms with Crippen LogP contribution in [0.2, 0.25) is 0 Å². The minimum absolute atomic E-state index is 0.546. The van der Waals surface area contributed by atoms with Crippen molar-refractivity contribution in [2.75, 3.05) is 19.8 Å². The summed E-state index contributed by atoms with van der Waals surface area (Å²) in [7, 11) is 0. The first-order chi connectivity index (χ1) is 6.92. The highest BCUT2D eigenvalue weighted by Crippen LogP contribution is 2.32. The van der Waals surface area contributed by atoms with Gasteiger partial charge in [0.1, 0.15) is 18.1 Å². The van der Waals surface area contributed by atoms with Crippen molar-refractivity contribution in [2.24, 2.45) is 5.73 Å². The van der Waals surface area contributed by atoms with E-state index in [-0.39, 0.29) is 0 Å². The van der Waals surface area contributed by atoms with Crippen molar-refractivity contribution in [3.63, 3.8) is 0 Å². The Hall–Kier alpha value is -1.22. The molecule has 76 valence electrons. The molecule has 3 heteroatoms. The molecule has 0 atom stereocenters. The molecule has 1 aliphatic heterocycles. The summed E-state index contributed by atoms with van der Waals surface area (Å²) in [5, 5.41) is 0. The molecule has 3 nitrogen and oxygen atoms in total. The summed E-state index contributed by atoms with van der Waals surface area (Å²) in [6, 6.07) is 5.92. The van der Waals surface area contributed by atoms with Crippen molar-refractivity contribution in [1.29, 1.82) is 0 Å². The van der Waals surface area contributed by atoms with Gasteiger partial charge in [-0.2, -0.15) is 0 Å². The summed E-state index contributed by atoms with van der Waals surface area (Å²) >= 11 is 0. The van der Waals surface area contributed by atoms with Crippen LogP contribution in [0.4, 0.5) is 0 Å². The third-order valence-electron chi connectivity index (χ3n) is 2.29. The van der Waals surface area contributed by atoms with E-state index in [9.17, 15) is 0 Å². The van der Waals surface area contributed by atoms with E-state index in [4.69, 9.17) is 15.2 Å². The van der Waals surface area contributed by atoms with Crippen LogP contribution in [-0.2, 0) is 6.42 Å². The predicted molar refractivity (Wildman–Crippen MR) is 54.8 cm³/mol. The lowest BCUT2D eigenvalue weighted by molar-refractivity contribution is 0.274. The van der Waals surface area contributed by atoms with Gasteiger partial charge < -0.3 is 15.2 Å². The summed E-state index contributed by atoms with van der Waals surface area (Å²) < 4.78 is 11.1. The zero-order valence-corrected chi connectivity index (χ0v) is 8.16. The van der Waals surface area contributed by atoms with Gasteiger partial charge >= 0.3 is 0 Å². The van der Waals surface area contributed by atoms with E-state index < -0.39 is 0 Å². The third-order valence-corrected chi connectivity index (χ3v) is 2.29. The van der Waals surface area contributed by atoms with E-state index in [2.05, 4.69) is 0 Å². The molecule has 1 heterocycles. The second-order valence-electron chi connectivity index (χ2n) is 3.32. The van der Waals surface area contributed by atoms with Gasteiger partial charge in [-0.1, -0.05) is 6.07 Å². The minimum Gasteiger partial charge on any atom is -0.493 e. The molecule has 0 fully saturated rings. The normalized spacial score (nSPS) is 14.4. The second kappa shape index (κ2) is 4.33. The molecule has 0 spiro atoms. The standard InChI is InChI=1S/C11H15NO2/c12-6-8-14-11-5-1-4-10-9(11)3-2-7-13-10/h1,4-5H,2-3,6-8,12H2. The zero-order chi connectivity index (χ0) is 9.80. The fraction of sp³-hybridized carbons (Fsp3) is 0.455. The third kappa shape index (κ3) is 1.82. The maximum Gasteiger partial charge on any atom is 0.126 e. The Morgan fingerprint density at radius 2 is 2.36 bits per heavy atom. The summed E-state index contributed by atoms with van der Waals surface area (Å²) in [4.78, 5) is 0. The van der Waals surface area contributed by atoms with Gasteiger partial charge in [0.15, 0.2) is 0 Å². The fourth-order valence-electron chi connectivity index (χ4n) is 1.66.